The van der Waals surface area contributed by atoms with Gasteiger partial charge in [0.05, 0.1) is 31.7 Å². The molecule has 8 heteroatoms. The van der Waals surface area contributed by atoms with Crippen molar-refractivity contribution in [3.63, 3.8) is 0 Å². The maximum Gasteiger partial charge on any atom is 0.272 e. The molecule has 0 fully saturated rings. The van der Waals surface area contributed by atoms with Crippen molar-refractivity contribution in [1.82, 2.24) is 15.1 Å². The number of nitrogens with two attached hydrogens (primary N) is 1. The third-order valence-electron chi connectivity index (χ3n) is 2.67. The molecule has 0 aromatic carbocycles. The van der Waals surface area contributed by atoms with E-state index in [4.69, 9.17) is 21.1 Å². The molecule has 1 aromatic rings. The minimum absolute atomic E-state index is 0.136. The fourth-order valence-corrected chi connectivity index (χ4v) is 1.46. The summed E-state index contributed by atoms with van der Waals surface area (Å²) in [5, 5.41) is 33.7. The number of carbonyl (C=O) groups excluding carboxylic acids is 1. The number of carbonyl (C=O) groups is 1. The van der Waals surface area contributed by atoms with Crippen LogP contribution in [0.3, 0.4) is 0 Å². The standard InChI is InChI=1S/C10H18N4O4/c1-2-14-8(7(11)3-12-14)9(18)13-10(4-15,5-16)6-17/h3,15-17H,2,4-6,11H2,1H3,(H,13,18). The third kappa shape index (κ3) is 2.61. The molecule has 102 valence electrons. The first-order valence-corrected chi connectivity index (χ1v) is 5.50. The van der Waals surface area contributed by atoms with E-state index in [0.717, 1.165) is 0 Å². The minimum Gasteiger partial charge on any atom is -0.396 e. The number of rotatable bonds is 6. The minimum atomic E-state index is -1.48. The average molecular weight is 258 g/mol. The largest absolute Gasteiger partial charge is 0.396 e. The van der Waals surface area contributed by atoms with Crippen LogP contribution < -0.4 is 11.1 Å². The number of aliphatic hydroxyl groups is 3. The summed E-state index contributed by atoms with van der Waals surface area (Å²) in [5.74, 6) is -0.607. The predicted octanol–water partition coefficient (Wildman–Crippen LogP) is -2.07. The third-order valence-corrected chi connectivity index (χ3v) is 2.67. The topological polar surface area (TPSA) is 134 Å². The van der Waals surface area contributed by atoms with E-state index in [-0.39, 0.29) is 11.4 Å². The molecule has 0 spiro atoms. The second kappa shape index (κ2) is 5.80. The summed E-state index contributed by atoms with van der Waals surface area (Å²) in [5.41, 5.74) is 4.48. The molecule has 6 N–H and O–H groups in total. The van der Waals surface area contributed by atoms with Gasteiger partial charge < -0.3 is 26.4 Å². The molecule has 0 saturated heterocycles. The Bertz CT molecular complexity index is 406. The highest BCUT2D eigenvalue weighted by molar-refractivity contribution is 5.97. The van der Waals surface area contributed by atoms with Crippen molar-refractivity contribution in [1.29, 1.82) is 0 Å². The van der Waals surface area contributed by atoms with Crippen LogP contribution in [0.25, 0.3) is 0 Å². The van der Waals surface area contributed by atoms with Gasteiger partial charge in [0.15, 0.2) is 0 Å². The number of nitrogens with one attached hydrogen (secondary N) is 1. The fraction of sp³-hybridized carbons (Fsp3) is 0.600. The van der Waals surface area contributed by atoms with Crippen molar-refractivity contribution in [3.8, 4) is 0 Å². The zero-order valence-electron chi connectivity index (χ0n) is 10.1. The van der Waals surface area contributed by atoms with Gasteiger partial charge in [-0.15, -0.1) is 0 Å². The summed E-state index contributed by atoms with van der Waals surface area (Å²) in [6.07, 6.45) is 1.34. The number of aryl methyl sites for hydroxylation is 1. The molecule has 1 heterocycles. The number of hydrogen-bond acceptors (Lipinski definition) is 6. The van der Waals surface area contributed by atoms with Gasteiger partial charge in [-0.1, -0.05) is 0 Å². The molecular formula is C10H18N4O4. The highest BCUT2D eigenvalue weighted by atomic mass is 16.3. The van der Waals surface area contributed by atoms with Crippen molar-refractivity contribution < 1.29 is 20.1 Å². The molecule has 0 unspecified atom stereocenters. The first kappa shape index (κ1) is 14.4. The Morgan fingerprint density at radius 2 is 2.00 bits per heavy atom. The van der Waals surface area contributed by atoms with Crippen LogP contribution in [0.5, 0.6) is 0 Å². The number of aliphatic hydroxyl groups excluding tert-OH is 3. The van der Waals surface area contributed by atoms with Gasteiger partial charge in [0.2, 0.25) is 0 Å². The van der Waals surface area contributed by atoms with Gasteiger partial charge in [-0.05, 0) is 6.92 Å². The van der Waals surface area contributed by atoms with Crippen molar-refractivity contribution in [3.05, 3.63) is 11.9 Å². The van der Waals surface area contributed by atoms with Gasteiger partial charge >= 0.3 is 0 Å². The maximum absolute atomic E-state index is 12.0. The van der Waals surface area contributed by atoms with Crippen LogP contribution in [-0.4, -0.2) is 56.4 Å². The van der Waals surface area contributed by atoms with E-state index < -0.39 is 31.3 Å². The molecule has 1 rings (SSSR count). The summed E-state index contributed by atoms with van der Waals surface area (Å²) in [7, 11) is 0. The lowest BCUT2D eigenvalue weighted by atomic mass is 10.0. The second-order valence-corrected chi connectivity index (χ2v) is 3.97. The smallest absolute Gasteiger partial charge is 0.272 e. The number of amides is 1. The summed E-state index contributed by atoms with van der Waals surface area (Å²) in [4.78, 5) is 12.0. The van der Waals surface area contributed by atoms with Gasteiger partial charge in [0.25, 0.3) is 5.91 Å². The van der Waals surface area contributed by atoms with E-state index in [9.17, 15) is 4.79 Å². The molecular weight excluding hydrogens is 240 g/mol. The summed E-state index contributed by atoms with van der Waals surface area (Å²) in [6, 6.07) is 0. The van der Waals surface area contributed by atoms with E-state index in [0.29, 0.717) is 6.54 Å². The highest BCUT2D eigenvalue weighted by Gasteiger charge is 2.32. The van der Waals surface area contributed by atoms with E-state index in [1.165, 1.54) is 10.9 Å². The molecule has 8 nitrogen and oxygen atoms in total. The van der Waals surface area contributed by atoms with Crippen molar-refractivity contribution in [2.45, 2.75) is 19.0 Å². The maximum atomic E-state index is 12.0. The van der Waals surface area contributed by atoms with Crippen LogP contribution in [0.15, 0.2) is 6.20 Å². The van der Waals surface area contributed by atoms with E-state index in [1.54, 1.807) is 6.92 Å². The Balaban J connectivity index is 2.97. The zero-order valence-corrected chi connectivity index (χ0v) is 10.1. The quantitative estimate of drug-likeness (QED) is 0.398. The molecule has 0 aliphatic rings. The Hall–Kier alpha value is -1.64. The average Bonchev–Trinajstić information content (AvgIpc) is 2.77. The Morgan fingerprint density at radius 3 is 2.44 bits per heavy atom. The lowest BCUT2D eigenvalue weighted by Gasteiger charge is -2.28. The molecule has 1 aromatic heterocycles. The molecule has 0 saturated carbocycles. The van der Waals surface area contributed by atoms with Gasteiger partial charge in [-0.2, -0.15) is 5.10 Å². The zero-order chi connectivity index (χ0) is 13.8. The summed E-state index contributed by atoms with van der Waals surface area (Å²) >= 11 is 0. The molecule has 1 amide bonds. The number of nitrogen functional groups attached to an aromatic ring is 1. The van der Waals surface area contributed by atoms with Crippen LogP contribution in [0.4, 0.5) is 5.69 Å². The first-order chi connectivity index (χ1) is 8.53. The normalized spacial score (nSPS) is 11.6. The van der Waals surface area contributed by atoms with Crippen molar-refractivity contribution >= 4 is 11.6 Å². The molecule has 18 heavy (non-hydrogen) atoms. The monoisotopic (exact) mass is 258 g/mol. The molecule has 0 bridgehead atoms. The lowest BCUT2D eigenvalue weighted by molar-refractivity contribution is 0.0371. The van der Waals surface area contributed by atoms with E-state index in [2.05, 4.69) is 10.4 Å². The number of nitrogens with zero attached hydrogens (tertiary/aromatic N) is 2. The Kier molecular flexibility index (Phi) is 4.65. The molecule has 0 aliphatic carbocycles. The van der Waals surface area contributed by atoms with Crippen molar-refractivity contribution in [2.24, 2.45) is 0 Å². The number of hydrogen-bond donors (Lipinski definition) is 5. The van der Waals surface area contributed by atoms with Gasteiger partial charge in [0.1, 0.15) is 11.2 Å². The molecule has 0 radical (unpaired) electrons. The number of aromatic nitrogens is 2. The van der Waals surface area contributed by atoms with Gasteiger partial charge in [-0.25, -0.2) is 0 Å². The summed E-state index contributed by atoms with van der Waals surface area (Å²) in [6.45, 7) is 0.467. The Morgan fingerprint density at radius 1 is 1.44 bits per heavy atom. The summed E-state index contributed by atoms with van der Waals surface area (Å²) < 4.78 is 1.39. The number of anilines is 1. The first-order valence-electron chi connectivity index (χ1n) is 5.50. The van der Waals surface area contributed by atoms with Crippen molar-refractivity contribution in [2.75, 3.05) is 25.6 Å². The van der Waals surface area contributed by atoms with Gasteiger partial charge in [-0.3, -0.25) is 9.48 Å². The molecule has 0 aliphatic heterocycles. The second-order valence-electron chi connectivity index (χ2n) is 3.97. The Labute approximate surface area is 104 Å². The lowest BCUT2D eigenvalue weighted by Crippen LogP contribution is -2.57. The van der Waals surface area contributed by atoms with Crippen LogP contribution in [0.2, 0.25) is 0 Å². The molecule has 0 atom stereocenters. The fourth-order valence-electron chi connectivity index (χ4n) is 1.46. The van der Waals surface area contributed by atoms with Crippen LogP contribution >= 0.6 is 0 Å². The van der Waals surface area contributed by atoms with Crippen LogP contribution in [0.1, 0.15) is 17.4 Å². The predicted molar refractivity (Wildman–Crippen MR) is 63.8 cm³/mol. The van der Waals surface area contributed by atoms with Crippen LogP contribution in [0, 0.1) is 0 Å². The van der Waals surface area contributed by atoms with Crippen LogP contribution in [-0.2, 0) is 6.54 Å². The van der Waals surface area contributed by atoms with E-state index >= 15 is 0 Å². The van der Waals surface area contributed by atoms with Gasteiger partial charge in [0, 0.05) is 6.54 Å². The SMILES string of the molecule is CCn1ncc(N)c1C(=O)NC(CO)(CO)CO. The van der Waals surface area contributed by atoms with E-state index in [1.807, 2.05) is 0 Å². The highest BCUT2D eigenvalue weighted by Crippen LogP contribution is 2.12.